The first-order chi connectivity index (χ1) is 41.1. The summed E-state index contributed by atoms with van der Waals surface area (Å²) < 4.78 is 35.7. The Morgan fingerprint density at radius 3 is 0.898 bits per heavy atom. The highest BCUT2D eigenvalue weighted by atomic mass is 16.6. The van der Waals surface area contributed by atoms with Crippen LogP contribution in [0.5, 0.6) is 0 Å². The van der Waals surface area contributed by atoms with E-state index in [0.29, 0.717) is 5.56 Å². The van der Waals surface area contributed by atoms with E-state index in [1.807, 2.05) is 43.3 Å². The number of carbonyl (C=O) groups excluding carboxylic acids is 9. The number of ether oxygens (including phenoxy) is 8. The van der Waals surface area contributed by atoms with Crippen LogP contribution in [0.4, 0.5) is 0 Å². The second-order valence-corrected chi connectivity index (χ2v) is 16.0. The summed E-state index contributed by atoms with van der Waals surface area (Å²) in [7, 11) is 5.82. The number of methoxy groups -OCH3 is 3. The van der Waals surface area contributed by atoms with E-state index in [-0.39, 0.29) is 121 Å². The minimum Gasteiger partial charge on any atom is -0.469 e. The van der Waals surface area contributed by atoms with E-state index in [4.69, 9.17) is 50.7 Å². The van der Waals surface area contributed by atoms with Crippen LogP contribution in [0.1, 0.15) is 159 Å². The molecule has 0 aliphatic carbocycles. The number of ketones is 1. The molecule has 0 amide bonds. The number of aliphatic hydroxyl groups excluding tert-OH is 9. The van der Waals surface area contributed by atoms with Crippen molar-refractivity contribution in [3.63, 3.8) is 0 Å². The monoisotopic (exact) mass is 1290 g/mol. The van der Waals surface area contributed by atoms with E-state index in [9.17, 15) is 43.2 Å². The summed E-state index contributed by atoms with van der Waals surface area (Å²) >= 11 is 0. The largest absolute Gasteiger partial charge is 0.469 e. The molecule has 0 radical (unpaired) electrons. The molecule has 0 aliphatic heterocycles. The lowest BCUT2D eigenvalue weighted by Gasteiger charge is -2.15. The molecule has 9 N–H and O–H groups in total. The zero-order valence-corrected chi connectivity index (χ0v) is 56.9. The number of Topliss-reactive ketones (excluding diaryl/α,β-unsaturated/α-hetero) is 1. The van der Waals surface area contributed by atoms with Gasteiger partial charge in [0.05, 0.1) is 59.9 Å². The number of nitrogens with zero attached hydrogens (tertiary/aromatic N) is 1. The molecule has 88 heavy (non-hydrogen) atoms. The number of benzene rings is 2. The van der Waals surface area contributed by atoms with Crippen molar-refractivity contribution in [3.05, 3.63) is 71.8 Å². The third-order valence-electron chi connectivity index (χ3n) is 6.05. The Bertz CT molecular complexity index is 1720. The van der Waals surface area contributed by atoms with Crippen LogP contribution in [-0.4, -0.2) is 219 Å². The highest BCUT2D eigenvalue weighted by Crippen LogP contribution is 1.99. The summed E-state index contributed by atoms with van der Waals surface area (Å²) in [5.74, 6) is -2.03. The molecule has 2 aromatic carbocycles. The number of hydrogen-bond donors (Lipinski definition) is 9. The van der Waals surface area contributed by atoms with Gasteiger partial charge in [-0.2, -0.15) is 0 Å². The molecule has 2 aromatic rings. The summed E-state index contributed by atoms with van der Waals surface area (Å²) in [4.78, 5) is 94.9. The molecular weight excluding hydrogens is 1160 g/mol. The molecule has 0 fully saturated rings. The molecule has 0 spiro atoms. The van der Waals surface area contributed by atoms with Crippen molar-refractivity contribution < 1.29 is 133 Å². The summed E-state index contributed by atoms with van der Waals surface area (Å²) in [5, 5.41) is 70.5. The quantitative estimate of drug-likeness (QED) is 0.0438. The van der Waals surface area contributed by atoms with E-state index in [2.05, 4.69) is 72.8 Å². The molecule has 0 aromatic heterocycles. The van der Waals surface area contributed by atoms with Gasteiger partial charge in [0.2, 0.25) is 0 Å². The van der Waals surface area contributed by atoms with E-state index in [1.165, 1.54) is 96.5 Å². The van der Waals surface area contributed by atoms with Gasteiger partial charge in [-0.05, 0) is 71.4 Å². The first-order valence-corrected chi connectivity index (χ1v) is 27.5. The lowest BCUT2D eigenvalue weighted by molar-refractivity contribution is -0.163. The van der Waals surface area contributed by atoms with Gasteiger partial charge in [0.1, 0.15) is 38.3 Å². The van der Waals surface area contributed by atoms with Crippen LogP contribution in [0.3, 0.4) is 0 Å². The fourth-order valence-electron chi connectivity index (χ4n) is 2.48. The van der Waals surface area contributed by atoms with Gasteiger partial charge in [-0.1, -0.05) is 96.0 Å². The Balaban J connectivity index is -0.0000000448. The van der Waals surface area contributed by atoms with Gasteiger partial charge in [0.15, 0.2) is 6.10 Å². The van der Waals surface area contributed by atoms with Crippen LogP contribution >= 0.6 is 0 Å². The molecule has 0 heterocycles. The van der Waals surface area contributed by atoms with Crippen molar-refractivity contribution in [1.29, 1.82) is 0 Å². The number of esters is 8. The smallest absolute Gasteiger partial charge is 0.337 e. The van der Waals surface area contributed by atoms with Crippen LogP contribution in [0.25, 0.3) is 0 Å². The van der Waals surface area contributed by atoms with Crippen LogP contribution < -0.4 is 0 Å². The van der Waals surface area contributed by atoms with Crippen LogP contribution in [0.2, 0.25) is 0 Å². The normalized spacial score (nSPS) is 8.34. The lowest BCUT2D eigenvalue weighted by Crippen LogP contribution is -2.29. The Kier molecular flexibility index (Phi) is 134. The topological polar surface area (TPSA) is 422 Å². The highest BCUT2D eigenvalue weighted by Gasteiger charge is 2.15. The van der Waals surface area contributed by atoms with Gasteiger partial charge in [0, 0.05) is 81.0 Å². The summed E-state index contributed by atoms with van der Waals surface area (Å²) in [5.41, 5.74) is 1.55. The molecule has 27 heteroatoms. The molecule has 0 unspecified atom stereocenters. The third kappa shape index (κ3) is 200. The number of carbonyl (C=O) groups is 9. The minimum absolute atomic E-state index is 0. The summed E-state index contributed by atoms with van der Waals surface area (Å²) in [6.07, 6.45) is 2.68. The van der Waals surface area contributed by atoms with Crippen molar-refractivity contribution >= 4 is 59.8 Å². The molecule has 0 bridgehead atoms. The molecule has 0 aliphatic rings. The molecule has 530 valence electrons. The summed E-state index contributed by atoms with van der Waals surface area (Å²) in [6.45, 7) is 29.8. The molecular formula is C61H125NO26. The first kappa shape index (κ1) is 112. The molecule has 2 rings (SSSR count). The highest BCUT2D eigenvalue weighted by molar-refractivity contribution is 5.89. The minimum atomic E-state index is -0.954. The summed E-state index contributed by atoms with van der Waals surface area (Å²) in [6, 6.07) is 18.4. The van der Waals surface area contributed by atoms with Gasteiger partial charge in [-0.25, -0.2) is 4.79 Å². The van der Waals surface area contributed by atoms with Crippen molar-refractivity contribution in [2.75, 3.05) is 101 Å². The zero-order chi connectivity index (χ0) is 72.1. The fourth-order valence-corrected chi connectivity index (χ4v) is 2.48. The van der Waals surface area contributed by atoms with Gasteiger partial charge in [-0.15, -0.1) is 0 Å². The predicted octanol–water partition coefficient (Wildman–Crippen LogP) is 6.22. The maximum Gasteiger partial charge on any atom is 0.337 e. The lowest BCUT2D eigenvalue weighted by atomic mass is 10.2. The second kappa shape index (κ2) is 105. The van der Waals surface area contributed by atoms with Crippen LogP contribution in [0.15, 0.2) is 65.7 Å². The van der Waals surface area contributed by atoms with E-state index in [0.717, 1.165) is 11.5 Å². The molecule has 0 atom stereocenters. The fraction of sp³-hybridized carbons (Fsp3) is 0.639. The van der Waals surface area contributed by atoms with Gasteiger partial charge >= 0.3 is 47.8 Å². The maximum absolute atomic E-state index is 10.8. The average molecular weight is 1290 g/mol. The van der Waals surface area contributed by atoms with Gasteiger partial charge in [-0.3, -0.25) is 33.6 Å². The van der Waals surface area contributed by atoms with Crippen molar-refractivity contribution in [3.8, 4) is 0 Å². The molecule has 0 saturated heterocycles. The average Bonchev–Trinajstić information content (AvgIpc) is 3.48. The van der Waals surface area contributed by atoms with E-state index in [1.54, 1.807) is 58.3 Å². The predicted molar refractivity (Wildman–Crippen MR) is 346 cm³/mol. The Labute approximate surface area is 531 Å². The van der Waals surface area contributed by atoms with Gasteiger partial charge < -0.3 is 93.6 Å². The maximum atomic E-state index is 10.8. The number of aliphatic hydroxyl groups is 9. The van der Waals surface area contributed by atoms with Gasteiger partial charge in [0.25, 0.3) is 0 Å². The first-order valence-electron chi connectivity index (χ1n) is 27.5. The Hall–Kier alpha value is -6.82. The van der Waals surface area contributed by atoms with Crippen LogP contribution in [-0.2, 0) is 82.9 Å². The Morgan fingerprint density at radius 2 is 0.750 bits per heavy atom. The van der Waals surface area contributed by atoms with E-state index < -0.39 is 30.1 Å². The number of hydrogen-bond acceptors (Lipinski definition) is 27. The second-order valence-electron chi connectivity index (χ2n) is 16.0. The molecule has 27 nitrogen and oxygen atoms in total. The third-order valence-corrected chi connectivity index (χ3v) is 6.05. The number of aliphatic imine (C=N–C) groups is 1. The SMILES string of the molecule is CC(=O)OCC(COC(C)=O)OC(C)=O.CC(=O)OCCOC(C)=O.CC(C)=O.CC(C)C.CC=NC.CCCC.CCO.CCO.CCO.COC(=O)c1ccccc1.COC(C)=O.COC(C)=O.OCC(O)CO.OCCO.OCc1ccccc1.[HH].[HH].[HH].[HH]. The van der Waals surface area contributed by atoms with Crippen molar-refractivity contribution in [2.45, 2.75) is 156 Å². The molecule has 0 saturated carbocycles. The Morgan fingerprint density at radius 1 is 0.489 bits per heavy atom. The van der Waals surface area contributed by atoms with Crippen LogP contribution in [0, 0.1) is 5.92 Å². The van der Waals surface area contributed by atoms with Crippen molar-refractivity contribution in [1.82, 2.24) is 0 Å². The number of unbranched alkanes of at least 4 members (excludes halogenated alkanes) is 1. The van der Waals surface area contributed by atoms with Crippen molar-refractivity contribution in [2.24, 2.45) is 10.9 Å². The number of rotatable bonds is 14. The van der Waals surface area contributed by atoms with E-state index >= 15 is 0 Å². The zero-order valence-electron chi connectivity index (χ0n) is 56.9. The standard InChI is InChI=1S/C9H14O6.C8H8O2.C7H8O.C6H10O4.2C4H10.C3H7N.C3H8O3.2C3H6O2.C3H6O.C2H6O2.3C2H6O.4H2/c1-6(10)13-4-9(15-8(3)12)5-14-7(2)11;1-10-8(9)7-5-3-2-4-6-7;8-6-7-4-2-1-3-5-7;1-5(7)9-3-4-10-6(2)8;1-4(2)3;2*1-3-4-2;4-1-3(6)2-5;2*1-3(4)5-2;1-3(2)4;3-1-2-4;3*1-2-3;;;;/h9H,4-5H2,1-3H3;2-6H,1H3;1-5,8H,6H2;3-4H2,1-2H3;4H,1-3H3;3-4H2,1-2H3;3H,1-2H3;3-6H,1-2H2;2*1-2H3;1-2H3;3-4H,1-2H2;3*3H,2H2,1H3;4*1H.